The molecule has 2 N–H and O–H groups in total. The molecule has 1 aromatic carbocycles. The van der Waals surface area contributed by atoms with E-state index in [1.165, 1.54) is 12.1 Å². The number of aliphatic hydroxyl groups is 1. The second-order valence-electron chi connectivity index (χ2n) is 4.40. The second-order valence-corrected chi connectivity index (χ2v) is 4.40. The molecule has 108 valence electrons. The van der Waals surface area contributed by atoms with Crippen molar-refractivity contribution in [1.29, 1.82) is 0 Å². The first-order valence-electron chi connectivity index (χ1n) is 6.04. The summed E-state index contributed by atoms with van der Waals surface area (Å²) >= 11 is 0. The Morgan fingerprint density at radius 2 is 1.85 bits per heavy atom. The first-order chi connectivity index (χ1) is 9.47. The van der Waals surface area contributed by atoms with Gasteiger partial charge in [0.2, 0.25) is 0 Å². The lowest BCUT2D eigenvalue weighted by atomic mass is 10.1. The standard InChI is InChI=1S/C14H14F3NO2/c15-14(16,17)12-3-1-11(2-4-12)13(19)8-18-7-10-5-6-20-9-10/h1-6,9,13,18-19H,7-8H2. The van der Waals surface area contributed by atoms with Crippen molar-refractivity contribution in [3.63, 3.8) is 0 Å². The zero-order valence-corrected chi connectivity index (χ0v) is 10.5. The predicted octanol–water partition coefficient (Wildman–Crippen LogP) is 3.12. The van der Waals surface area contributed by atoms with Crippen LogP contribution in [0.25, 0.3) is 0 Å². The smallest absolute Gasteiger partial charge is 0.416 e. The molecule has 0 aliphatic heterocycles. The third-order valence-electron chi connectivity index (χ3n) is 2.87. The van der Waals surface area contributed by atoms with Crippen LogP contribution < -0.4 is 5.32 Å². The van der Waals surface area contributed by atoms with Gasteiger partial charge in [0.15, 0.2) is 0 Å². The van der Waals surface area contributed by atoms with E-state index < -0.39 is 17.8 Å². The van der Waals surface area contributed by atoms with Crippen molar-refractivity contribution in [2.24, 2.45) is 0 Å². The Balaban J connectivity index is 1.87. The lowest BCUT2D eigenvalue weighted by Crippen LogP contribution is -2.20. The number of alkyl halides is 3. The van der Waals surface area contributed by atoms with Gasteiger partial charge in [-0.3, -0.25) is 0 Å². The van der Waals surface area contributed by atoms with Crippen molar-refractivity contribution in [3.05, 3.63) is 59.5 Å². The SMILES string of the molecule is OC(CNCc1ccoc1)c1ccc(C(F)(F)F)cc1. The fourth-order valence-corrected chi connectivity index (χ4v) is 1.76. The van der Waals surface area contributed by atoms with Crippen LogP contribution in [0.5, 0.6) is 0 Å². The van der Waals surface area contributed by atoms with Crippen molar-refractivity contribution in [2.75, 3.05) is 6.54 Å². The molecule has 2 rings (SSSR count). The molecule has 1 unspecified atom stereocenters. The van der Waals surface area contributed by atoms with Crippen LogP contribution >= 0.6 is 0 Å². The molecule has 3 nitrogen and oxygen atoms in total. The maximum absolute atomic E-state index is 12.4. The van der Waals surface area contributed by atoms with Crippen molar-refractivity contribution < 1.29 is 22.7 Å². The Hall–Kier alpha value is -1.79. The monoisotopic (exact) mass is 285 g/mol. The molecule has 0 amide bonds. The van der Waals surface area contributed by atoms with Gasteiger partial charge in [-0.05, 0) is 23.8 Å². The predicted molar refractivity (Wildman–Crippen MR) is 66.8 cm³/mol. The van der Waals surface area contributed by atoms with Gasteiger partial charge in [0.25, 0.3) is 0 Å². The summed E-state index contributed by atoms with van der Waals surface area (Å²) in [7, 11) is 0. The van der Waals surface area contributed by atoms with Gasteiger partial charge in [-0.25, -0.2) is 0 Å². The summed E-state index contributed by atoms with van der Waals surface area (Å²) in [5, 5.41) is 12.9. The zero-order chi connectivity index (χ0) is 14.6. The molecule has 1 heterocycles. The van der Waals surface area contributed by atoms with Crippen LogP contribution in [0.15, 0.2) is 47.3 Å². The first-order valence-corrected chi connectivity index (χ1v) is 6.04. The molecule has 0 fully saturated rings. The lowest BCUT2D eigenvalue weighted by Gasteiger charge is -2.13. The number of nitrogens with one attached hydrogen (secondary N) is 1. The van der Waals surface area contributed by atoms with Crippen molar-refractivity contribution >= 4 is 0 Å². The number of hydrogen-bond acceptors (Lipinski definition) is 3. The molecule has 2 aromatic rings. The summed E-state index contributed by atoms with van der Waals surface area (Å²) < 4.78 is 42.1. The lowest BCUT2D eigenvalue weighted by molar-refractivity contribution is -0.137. The third kappa shape index (κ3) is 3.85. The fraction of sp³-hybridized carbons (Fsp3) is 0.286. The van der Waals surface area contributed by atoms with E-state index in [1.54, 1.807) is 18.6 Å². The molecular formula is C14H14F3NO2. The van der Waals surface area contributed by atoms with Crippen LogP contribution in [-0.4, -0.2) is 11.7 Å². The van der Waals surface area contributed by atoms with Gasteiger partial charge in [0.1, 0.15) is 0 Å². The largest absolute Gasteiger partial charge is 0.472 e. The highest BCUT2D eigenvalue weighted by atomic mass is 19.4. The number of halogens is 3. The number of aliphatic hydroxyl groups excluding tert-OH is 1. The molecule has 6 heteroatoms. The molecule has 1 atom stereocenters. The van der Waals surface area contributed by atoms with E-state index in [0.717, 1.165) is 17.7 Å². The number of rotatable bonds is 5. The summed E-state index contributed by atoms with van der Waals surface area (Å²) in [5.74, 6) is 0. The summed E-state index contributed by atoms with van der Waals surface area (Å²) in [5.41, 5.74) is 0.655. The Bertz CT molecular complexity index is 520. The summed E-state index contributed by atoms with van der Waals surface area (Å²) in [6, 6.07) is 6.29. The van der Waals surface area contributed by atoms with Crippen LogP contribution in [0.2, 0.25) is 0 Å². The van der Waals surface area contributed by atoms with Crippen LogP contribution in [0.4, 0.5) is 13.2 Å². The molecule has 0 saturated carbocycles. The average molecular weight is 285 g/mol. The summed E-state index contributed by atoms with van der Waals surface area (Å²) in [6.45, 7) is 0.769. The molecule has 0 spiro atoms. The van der Waals surface area contributed by atoms with Crippen LogP contribution in [-0.2, 0) is 12.7 Å². The first kappa shape index (κ1) is 14.6. The fourth-order valence-electron chi connectivity index (χ4n) is 1.76. The minimum Gasteiger partial charge on any atom is -0.472 e. The molecular weight excluding hydrogens is 271 g/mol. The summed E-state index contributed by atoms with van der Waals surface area (Å²) in [4.78, 5) is 0. The van der Waals surface area contributed by atoms with Crippen molar-refractivity contribution in [1.82, 2.24) is 5.32 Å². The Kier molecular flexibility index (Phi) is 4.46. The van der Waals surface area contributed by atoms with Gasteiger partial charge >= 0.3 is 6.18 Å². The van der Waals surface area contributed by atoms with Crippen LogP contribution in [0.1, 0.15) is 22.8 Å². The van der Waals surface area contributed by atoms with E-state index in [4.69, 9.17) is 4.42 Å². The highest BCUT2D eigenvalue weighted by Gasteiger charge is 2.30. The van der Waals surface area contributed by atoms with E-state index >= 15 is 0 Å². The van der Waals surface area contributed by atoms with E-state index in [1.807, 2.05) is 0 Å². The average Bonchev–Trinajstić information content (AvgIpc) is 2.91. The Morgan fingerprint density at radius 3 is 2.40 bits per heavy atom. The van der Waals surface area contributed by atoms with E-state index in [9.17, 15) is 18.3 Å². The summed E-state index contributed by atoms with van der Waals surface area (Å²) in [6.07, 6.45) is -2.09. The van der Waals surface area contributed by atoms with E-state index in [0.29, 0.717) is 12.1 Å². The number of furan rings is 1. The molecule has 1 aromatic heterocycles. The third-order valence-corrected chi connectivity index (χ3v) is 2.87. The highest BCUT2D eigenvalue weighted by molar-refractivity contribution is 5.26. The molecule has 0 aliphatic rings. The Labute approximate surface area is 114 Å². The minimum atomic E-state index is -4.36. The van der Waals surface area contributed by atoms with Crippen molar-refractivity contribution in [3.8, 4) is 0 Å². The van der Waals surface area contributed by atoms with Gasteiger partial charge in [-0.1, -0.05) is 12.1 Å². The highest BCUT2D eigenvalue weighted by Crippen LogP contribution is 2.29. The van der Waals surface area contributed by atoms with Gasteiger partial charge in [0, 0.05) is 18.7 Å². The van der Waals surface area contributed by atoms with Crippen LogP contribution in [0, 0.1) is 0 Å². The molecule has 0 radical (unpaired) electrons. The minimum absolute atomic E-state index is 0.247. The molecule has 0 bridgehead atoms. The maximum atomic E-state index is 12.4. The maximum Gasteiger partial charge on any atom is 0.416 e. The van der Waals surface area contributed by atoms with Crippen LogP contribution in [0.3, 0.4) is 0 Å². The van der Waals surface area contributed by atoms with E-state index in [2.05, 4.69) is 5.32 Å². The van der Waals surface area contributed by atoms with Gasteiger partial charge in [-0.2, -0.15) is 13.2 Å². The van der Waals surface area contributed by atoms with Gasteiger partial charge < -0.3 is 14.8 Å². The van der Waals surface area contributed by atoms with Gasteiger partial charge in [-0.15, -0.1) is 0 Å². The molecule has 0 saturated heterocycles. The quantitative estimate of drug-likeness (QED) is 0.887. The number of hydrogen-bond donors (Lipinski definition) is 2. The van der Waals surface area contributed by atoms with Crippen molar-refractivity contribution in [2.45, 2.75) is 18.8 Å². The molecule has 0 aliphatic carbocycles. The Morgan fingerprint density at radius 1 is 1.15 bits per heavy atom. The van der Waals surface area contributed by atoms with Gasteiger partial charge in [0.05, 0.1) is 24.2 Å². The second kappa shape index (κ2) is 6.11. The number of benzene rings is 1. The molecule has 20 heavy (non-hydrogen) atoms. The normalized spacial score (nSPS) is 13.4. The zero-order valence-electron chi connectivity index (χ0n) is 10.5. The topological polar surface area (TPSA) is 45.4 Å². The van der Waals surface area contributed by atoms with E-state index in [-0.39, 0.29) is 6.54 Å².